The minimum atomic E-state index is 0.224. The zero-order valence-electron chi connectivity index (χ0n) is 9.27. The van der Waals surface area contributed by atoms with Gasteiger partial charge in [-0.05, 0) is 25.0 Å². The lowest BCUT2D eigenvalue weighted by atomic mass is 10.1. The molecule has 0 spiro atoms. The summed E-state index contributed by atoms with van der Waals surface area (Å²) in [6, 6.07) is 4.02. The first-order valence-corrected chi connectivity index (χ1v) is 6.78. The number of piperidine rings is 1. The number of nitrogens with two attached hydrogens (primary N) is 1. The predicted molar refractivity (Wildman–Crippen MR) is 71.8 cm³/mol. The summed E-state index contributed by atoms with van der Waals surface area (Å²) in [7, 11) is 0. The summed E-state index contributed by atoms with van der Waals surface area (Å²) in [4.78, 5) is 2.24. The van der Waals surface area contributed by atoms with Gasteiger partial charge in [-0.15, -0.1) is 0 Å². The van der Waals surface area contributed by atoms with Crippen molar-refractivity contribution in [3.63, 3.8) is 0 Å². The van der Waals surface area contributed by atoms with E-state index in [1.807, 2.05) is 12.1 Å². The van der Waals surface area contributed by atoms with Gasteiger partial charge in [0.2, 0.25) is 0 Å². The van der Waals surface area contributed by atoms with E-state index in [2.05, 4.69) is 13.6 Å². The maximum absolute atomic E-state index is 6.30. The van der Waals surface area contributed by atoms with Gasteiger partial charge in [-0.2, -0.15) is 8.75 Å². The highest BCUT2D eigenvalue weighted by molar-refractivity contribution is 7.00. The monoisotopic (exact) mass is 268 g/mol. The topological polar surface area (TPSA) is 55.0 Å². The van der Waals surface area contributed by atoms with E-state index in [-0.39, 0.29) is 6.04 Å². The summed E-state index contributed by atoms with van der Waals surface area (Å²) < 4.78 is 8.59. The molecule has 1 saturated heterocycles. The summed E-state index contributed by atoms with van der Waals surface area (Å²) in [5.41, 5.74) is 8.82. The van der Waals surface area contributed by atoms with Gasteiger partial charge < -0.3 is 10.6 Å². The van der Waals surface area contributed by atoms with Gasteiger partial charge in [0.25, 0.3) is 0 Å². The lowest BCUT2D eigenvalue weighted by Gasteiger charge is -2.33. The van der Waals surface area contributed by atoms with Gasteiger partial charge in [0.15, 0.2) is 0 Å². The Morgan fingerprint density at radius 2 is 2.29 bits per heavy atom. The molecule has 0 radical (unpaired) electrons. The largest absolute Gasteiger partial charge is 0.367 e. The maximum Gasteiger partial charge on any atom is 0.129 e. The molecule has 0 bridgehead atoms. The van der Waals surface area contributed by atoms with Crippen molar-refractivity contribution in [2.45, 2.75) is 18.9 Å². The second-order valence-corrected chi connectivity index (χ2v) is 5.31. The van der Waals surface area contributed by atoms with Gasteiger partial charge in [-0.25, -0.2) is 0 Å². The van der Waals surface area contributed by atoms with Gasteiger partial charge >= 0.3 is 0 Å². The summed E-state index contributed by atoms with van der Waals surface area (Å²) >= 11 is 7.52. The Morgan fingerprint density at radius 1 is 1.41 bits per heavy atom. The van der Waals surface area contributed by atoms with Crippen LogP contribution in [0.4, 0.5) is 5.69 Å². The predicted octanol–water partition coefficient (Wildman–Crippen LogP) is 2.27. The van der Waals surface area contributed by atoms with E-state index in [0.29, 0.717) is 0 Å². The van der Waals surface area contributed by atoms with Gasteiger partial charge in [0.05, 0.1) is 22.4 Å². The number of halogens is 1. The third kappa shape index (κ3) is 1.99. The number of benzene rings is 1. The fraction of sp³-hybridized carbons (Fsp3) is 0.455. The number of hydrogen-bond donors (Lipinski definition) is 1. The Morgan fingerprint density at radius 3 is 3.12 bits per heavy atom. The molecule has 90 valence electrons. The highest BCUT2D eigenvalue weighted by Crippen LogP contribution is 2.34. The first-order chi connectivity index (χ1) is 8.25. The molecule has 1 aliphatic rings. The van der Waals surface area contributed by atoms with E-state index in [9.17, 15) is 0 Å². The van der Waals surface area contributed by atoms with E-state index < -0.39 is 0 Å². The van der Waals surface area contributed by atoms with Crippen LogP contribution in [-0.2, 0) is 0 Å². The van der Waals surface area contributed by atoms with Crippen molar-refractivity contribution >= 4 is 40.0 Å². The van der Waals surface area contributed by atoms with Crippen LogP contribution < -0.4 is 10.6 Å². The average molecular weight is 269 g/mol. The zero-order valence-corrected chi connectivity index (χ0v) is 10.8. The minimum absolute atomic E-state index is 0.224. The summed E-state index contributed by atoms with van der Waals surface area (Å²) in [5, 5.41) is 0.735. The minimum Gasteiger partial charge on any atom is -0.367 e. The Hall–Kier alpha value is -0.910. The normalized spacial score (nSPS) is 21.1. The molecule has 1 unspecified atom stereocenters. The standard InChI is InChI=1S/C11H13ClN4S/c12-8-3-4-9-10(15-17-14-9)11(8)16-5-1-2-7(13)6-16/h3-4,7H,1-2,5-6,13H2. The molecule has 0 saturated carbocycles. The smallest absolute Gasteiger partial charge is 0.129 e. The number of nitrogens with zero attached hydrogens (tertiary/aromatic N) is 3. The summed E-state index contributed by atoms with van der Waals surface area (Å²) in [5.74, 6) is 0. The van der Waals surface area contributed by atoms with Crippen LogP contribution in [0.3, 0.4) is 0 Å². The first kappa shape index (κ1) is 11.2. The molecule has 0 aliphatic carbocycles. The van der Waals surface area contributed by atoms with E-state index in [0.717, 1.165) is 47.7 Å². The first-order valence-electron chi connectivity index (χ1n) is 5.67. The molecule has 4 nitrogen and oxygen atoms in total. The van der Waals surface area contributed by atoms with Gasteiger partial charge in [-0.1, -0.05) is 11.6 Å². The number of aromatic nitrogens is 2. The molecular weight excluding hydrogens is 256 g/mol. The second-order valence-electron chi connectivity index (χ2n) is 4.38. The molecule has 1 aromatic carbocycles. The van der Waals surface area contributed by atoms with Crippen molar-refractivity contribution < 1.29 is 0 Å². The number of rotatable bonds is 1. The molecular formula is C11H13ClN4S. The second kappa shape index (κ2) is 4.40. The van der Waals surface area contributed by atoms with Crippen LogP contribution in [0.5, 0.6) is 0 Å². The van der Waals surface area contributed by atoms with Crippen LogP contribution in [0, 0.1) is 0 Å². The summed E-state index contributed by atoms with van der Waals surface area (Å²) in [6.45, 7) is 1.83. The molecule has 17 heavy (non-hydrogen) atoms. The molecule has 6 heteroatoms. The van der Waals surface area contributed by atoms with E-state index in [4.69, 9.17) is 17.3 Å². The fourth-order valence-electron chi connectivity index (χ4n) is 2.33. The lowest BCUT2D eigenvalue weighted by molar-refractivity contribution is 0.507. The van der Waals surface area contributed by atoms with E-state index in [1.54, 1.807) is 0 Å². The highest BCUT2D eigenvalue weighted by Gasteiger charge is 2.22. The molecule has 1 aliphatic heterocycles. The van der Waals surface area contributed by atoms with Crippen molar-refractivity contribution in [3.8, 4) is 0 Å². The third-order valence-electron chi connectivity index (χ3n) is 3.13. The van der Waals surface area contributed by atoms with Gasteiger partial charge in [0, 0.05) is 19.1 Å². The Kier molecular flexibility index (Phi) is 2.90. The van der Waals surface area contributed by atoms with Crippen molar-refractivity contribution in [3.05, 3.63) is 17.2 Å². The Labute approximate surface area is 109 Å². The maximum atomic E-state index is 6.30. The van der Waals surface area contributed by atoms with Gasteiger partial charge in [0.1, 0.15) is 11.0 Å². The van der Waals surface area contributed by atoms with Crippen molar-refractivity contribution in [2.75, 3.05) is 18.0 Å². The van der Waals surface area contributed by atoms with Crippen LogP contribution in [0.1, 0.15) is 12.8 Å². The lowest BCUT2D eigenvalue weighted by Crippen LogP contribution is -2.43. The molecule has 2 heterocycles. The van der Waals surface area contributed by atoms with Crippen LogP contribution in [0.2, 0.25) is 5.02 Å². The molecule has 2 N–H and O–H groups in total. The number of anilines is 1. The Bertz CT molecular complexity index is 541. The van der Waals surface area contributed by atoms with Crippen molar-refractivity contribution in [1.82, 2.24) is 8.75 Å². The SMILES string of the molecule is NC1CCCN(c2c(Cl)ccc3nsnc23)C1. The zero-order chi connectivity index (χ0) is 11.8. The quantitative estimate of drug-likeness (QED) is 0.862. The third-order valence-corrected chi connectivity index (χ3v) is 3.97. The van der Waals surface area contributed by atoms with Crippen LogP contribution in [0.15, 0.2) is 12.1 Å². The van der Waals surface area contributed by atoms with Crippen molar-refractivity contribution in [2.24, 2.45) is 5.73 Å². The van der Waals surface area contributed by atoms with Crippen molar-refractivity contribution in [1.29, 1.82) is 0 Å². The van der Waals surface area contributed by atoms with E-state index >= 15 is 0 Å². The fourth-order valence-corrected chi connectivity index (χ4v) is 3.14. The Balaban J connectivity index is 2.08. The average Bonchev–Trinajstić information content (AvgIpc) is 2.76. The number of hydrogen-bond acceptors (Lipinski definition) is 5. The molecule has 1 aromatic heterocycles. The van der Waals surface area contributed by atoms with Crippen LogP contribution >= 0.6 is 23.3 Å². The molecule has 3 rings (SSSR count). The summed E-state index contributed by atoms with van der Waals surface area (Å²) in [6.07, 6.45) is 2.19. The molecule has 2 aromatic rings. The van der Waals surface area contributed by atoms with E-state index in [1.165, 1.54) is 11.7 Å². The van der Waals surface area contributed by atoms with Crippen LogP contribution in [-0.4, -0.2) is 27.9 Å². The molecule has 1 atom stereocenters. The van der Waals surface area contributed by atoms with Gasteiger partial charge in [-0.3, -0.25) is 0 Å². The number of fused-ring (bicyclic) bond motifs is 1. The molecule has 1 fully saturated rings. The highest BCUT2D eigenvalue weighted by atomic mass is 35.5. The molecule has 0 amide bonds. The van der Waals surface area contributed by atoms with Crippen LogP contribution in [0.25, 0.3) is 11.0 Å².